The Morgan fingerprint density at radius 3 is 2.62 bits per heavy atom. The molecule has 2 N–H and O–H groups in total. The third kappa shape index (κ3) is 3.77. The van der Waals surface area contributed by atoms with Crippen molar-refractivity contribution in [2.75, 3.05) is 0 Å². The Bertz CT molecular complexity index is 1170. The van der Waals surface area contributed by atoms with Gasteiger partial charge in [-0.15, -0.1) is 0 Å². The second-order valence-corrected chi connectivity index (χ2v) is 8.91. The molecule has 1 atom stereocenters. The molecule has 0 saturated heterocycles. The number of aryl methyl sites for hydroxylation is 1. The molecule has 1 heterocycles. The maximum atomic E-state index is 13.2. The zero-order valence-corrected chi connectivity index (χ0v) is 16.5. The Morgan fingerprint density at radius 1 is 1.17 bits per heavy atom. The highest BCUT2D eigenvalue weighted by atomic mass is 32.2. The molecule has 0 bridgehead atoms. The molecule has 0 spiro atoms. The zero-order valence-electron chi connectivity index (χ0n) is 15.6. The largest absolute Gasteiger partial charge is 0.481 e. The van der Waals surface area contributed by atoms with Crippen LogP contribution in [0.3, 0.4) is 0 Å². The number of para-hydroxylation sites is 1. The summed E-state index contributed by atoms with van der Waals surface area (Å²) in [6.07, 6.45) is 2.18. The van der Waals surface area contributed by atoms with Gasteiger partial charge in [0.2, 0.25) is 10.0 Å². The number of nitrogens with one attached hydrogen (secondary N) is 1. The van der Waals surface area contributed by atoms with Crippen LogP contribution in [0.15, 0.2) is 53.4 Å². The molecule has 0 amide bonds. The number of carbonyl (C=O) groups is 1. The molecule has 0 saturated carbocycles. The van der Waals surface area contributed by atoms with Crippen molar-refractivity contribution in [1.82, 2.24) is 9.29 Å². The third-order valence-corrected chi connectivity index (χ3v) is 6.83. The fourth-order valence-electron chi connectivity index (χ4n) is 4.11. The van der Waals surface area contributed by atoms with E-state index in [9.17, 15) is 17.6 Å². The highest BCUT2D eigenvalue weighted by molar-refractivity contribution is 7.89. The van der Waals surface area contributed by atoms with Crippen LogP contribution >= 0.6 is 0 Å². The normalized spacial score (nSPS) is 16.7. The SMILES string of the molecule is O=C(O)CCn1c2c(c3ccccc31)C(NS(=O)(=O)c1ccc(F)cc1)CCC2. The van der Waals surface area contributed by atoms with Crippen LogP contribution in [0.4, 0.5) is 4.39 Å². The number of fused-ring (bicyclic) bond motifs is 3. The highest BCUT2D eigenvalue weighted by Gasteiger charge is 2.30. The molecule has 4 rings (SSSR count). The quantitative estimate of drug-likeness (QED) is 0.643. The summed E-state index contributed by atoms with van der Waals surface area (Å²) in [5, 5.41) is 10.0. The van der Waals surface area contributed by atoms with E-state index in [-0.39, 0.29) is 11.3 Å². The van der Waals surface area contributed by atoms with Gasteiger partial charge in [-0.05, 0) is 55.2 Å². The van der Waals surface area contributed by atoms with Gasteiger partial charge in [0.25, 0.3) is 0 Å². The molecular weight excluding hydrogens is 395 g/mol. The average molecular weight is 416 g/mol. The fraction of sp³-hybridized carbons (Fsp3) is 0.286. The summed E-state index contributed by atoms with van der Waals surface area (Å²) in [5.41, 5.74) is 2.79. The number of sulfonamides is 1. The number of nitrogens with zero attached hydrogens (tertiary/aromatic N) is 1. The number of hydrogen-bond acceptors (Lipinski definition) is 3. The first-order chi connectivity index (χ1) is 13.9. The minimum atomic E-state index is -3.82. The summed E-state index contributed by atoms with van der Waals surface area (Å²) in [5.74, 6) is -1.37. The standard InChI is InChI=1S/C21H21FN2O4S/c22-14-8-10-15(11-9-14)29(27,28)23-17-5-3-7-19-21(17)16-4-1-2-6-18(16)24(19)13-12-20(25)26/h1-2,4,6,8-11,17,23H,3,5,7,12-13H2,(H,25,26). The lowest BCUT2D eigenvalue weighted by atomic mass is 9.91. The van der Waals surface area contributed by atoms with Gasteiger partial charge in [0.15, 0.2) is 0 Å². The molecule has 3 aromatic rings. The van der Waals surface area contributed by atoms with Crippen molar-refractivity contribution in [3.05, 3.63) is 65.6 Å². The molecule has 29 heavy (non-hydrogen) atoms. The molecule has 1 aromatic heterocycles. The molecule has 1 aliphatic rings. The lowest BCUT2D eigenvalue weighted by molar-refractivity contribution is -0.137. The van der Waals surface area contributed by atoms with Crippen LogP contribution in [0.2, 0.25) is 0 Å². The molecule has 1 unspecified atom stereocenters. The highest BCUT2D eigenvalue weighted by Crippen LogP contribution is 2.38. The van der Waals surface area contributed by atoms with Gasteiger partial charge >= 0.3 is 5.97 Å². The first kappa shape index (κ1) is 19.6. The summed E-state index contributed by atoms with van der Waals surface area (Å²) in [6.45, 7) is 0.336. The van der Waals surface area contributed by atoms with E-state index in [1.54, 1.807) is 0 Å². The second kappa shape index (κ2) is 7.61. The van der Waals surface area contributed by atoms with Gasteiger partial charge in [-0.2, -0.15) is 0 Å². The fourth-order valence-corrected chi connectivity index (χ4v) is 5.35. The van der Waals surface area contributed by atoms with Crippen LogP contribution in [0.1, 0.15) is 36.6 Å². The van der Waals surface area contributed by atoms with Crippen molar-refractivity contribution in [1.29, 1.82) is 0 Å². The summed E-state index contributed by atoms with van der Waals surface area (Å²) in [7, 11) is -3.82. The average Bonchev–Trinajstić information content (AvgIpc) is 3.01. The Morgan fingerprint density at radius 2 is 1.90 bits per heavy atom. The molecule has 1 aliphatic carbocycles. The lowest BCUT2D eigenvalue weighted by Crippen LogP contribution is -2.31. The summed E-state index contributed by atoms with van der Waals surface area (Å²) in [4.78, 5) is 11.1. The van der Waals surface area contributed by atoms with E-state index in [2.05, 4.69) is 4.72 Å². The van der Waals surface area contributed by atoms with E-state index in [1.807, 2.05) is 28.8 Å². The number of rotatable bonds is 6. The van der Waals surface area contributed by atoms with Crippen molar-refractivity contribution in [2.45, 2.75) is 43.2 Å². The van der Waals surface area contributed by atoms with E-state index in [0.29, 0.717) is 13.0 Å². The van der Waals surface area contributed by atoms with Crippen LogP contribution in [0.5, 0.6) is 0 Å². The Balaban J connectivity index is 1.75. The molecule has 0 radical (unpaired) electrons. The van der Waals surface area contributed by atoms with Crippen molar-refractivity contribution in [3.63, 3.8) is 0 Å². The first-order valence-electron chi connectivity index (χ1n) is 9.46. The van der Waals surface area contributed by atoms with Gasteiger partial charge in [0, 0.05) is 29.2 Å². The van der Waals surface area contributed by atoms with E-state index in [1.165, 1.54) is 12.1 Å². The smallest absolute Gasteiger partial charge is 0.305 e. The van der Waals surface area contributed by atoms with Gasteiger partial charge in [-0.3, -0.25) is 4.79 Å². The van der Waals surface area contributed by atoms with Gasteiger partial charge in [-0.1, -0.05) is 18.2 Å². The molecule has 0 aliphatic heterocycles. The van der Waals surface area contributed by atoms with E-state index < -0.39 is 27.9 Å². The van der Waals surface area contributed by atoms with Gasteiger partial charge in [0.1, 0.15) is 5.82 Å². The lowest BCUT2D eigenvalue weighted by Gasteiger charge is -2.25. The van der Waals surface area contributed by atoms with Crippen LogP contribution in [-0.2, 0) is 27.8 Å². The summed E-state index contributed by atoms with van der Waals surface area (Å²) in [6, 6.07) is 12.0. The number of carboxylic acids is 1. The monoisotopic (exact) mass is 416 g/mol. The van der Waals surface area contributed by atoms with Crippen LogP contribution in [0.25, 0.3) is 10.9 Å². The minimum Gasteiger partial charge on any atom is -0.481 e. The molecule has 0 fully saturated rings. The van der Waals surface area contributed by atoms with E-state index in [4.69, 9.17) is 5.11 Å². The topological polar surface area (TPSA) is 88.4 Å². The van der Waals surface area contributed by atoms with Crippen molar-refractivity contribution >= 4 is 26.9 Å². The number of hydrogen-bond donors (Lipinski definition) is 2. The van der Waals surface area contributed by atoms with Gasteiger partial charge in [-0.25, -0.2) is 17.5 Å². The van der Waals surface area contributed by atoms with Crippen LogP contribution < -0.4 is 4.72 Å². The predicted octanol–water partition coefficient (Wildman–Crippen LogP) is 3.61. The van der Waals surface area contributed by atoms with Crippen molar-refractivity contribution in [2.24, 2.45) is 0 Å². The molecule has 2 aromatic carbocycles. The predicted molar refractivity (Wildman–Crippen MR) is 107 cm³/mol. The maximum absolute atomic E-state index is 13.2. The molecule has 8 heteroatoms. The molecule has 152 valence electrons. The van der Waals surface area contributed by atoms with Gasteiger partial charge < -0.3 is 9.67 Å². The number of halogens is 1. The number of benzene rings is 2. The van der Waals surface area contributed by atoms with Crippen molar-refractivity contribution in [3.8, 4) is 0 Å². The Labute approximate surface area is 168 Å². The van der Waals surface area contributed by atoms with Crippen LogP contribution in [-0.4, -0.2) is 24.1 Å². The number of aliphatic carboxylic acids is 1. The first-order valence-corrected chi connectivity index (χ1v) is 10.9. The Kier molecular flexibility index (Phi) is 5.14. The zero-order chi connectivity index (χ0) is 20.6. The van der Waals surface area contributed by atoms with E-state index in [0.717, 1.165) is 47.1 Å². The maximum Gasteiger partial charge on any atom is 0.305 e. The summed E-state index contributed by atoms with van der Waals surface area (Å²) < 4.78 is 43.7. The van der Waals surface area contributed by atoms with Gasteiger partial charge in [0.05, 0.1) is 11.3 Å². The van der Waals surface area contributed by atoms with Crippen molar-refractivity contribution < 1.29 is 22.7 Å². The van der Waals surface area contributed by atoms with E-state index >= 15 is 0 Å². The third-order valence-electron chi connectivity index (χ3n) is 5.35. The molecule has 6 nitrogen and oxygen atoms in total. The Hall–Kier alpha value is -2.71. The number of aromatic nitrogens is 1. The molecular formula is C21H21FN2O4S. The summed E-state index contributed by atoms with van der Waals surface area (Å²) >= 11 is 0. The second-order valence-electron chi connectivity index (χ2n) is 7.19. The number of carboxylic acid groups (broad SMARTS) is 1. The minimum absolute atomic E-state index is 0.00289. The van der Waals surface area contributed by atoms with Crippen LogP contribution in [0, 0.1) is 5.82 Å².